The van der Waals surface area contributed by atoms with Crippen molar-refractivity contribution in [3.63, 3.8) is 0 Å². The molecule has 3 heteroatoms. The molecule has 0 aromatic heterocycles. The number of ether oxygens (including phenoxy) is 1. The van der Waals surface area contributed by atoms with Gasteiger partial charge in [-0.05, 0) is 35.9 Å². The number of phenolic OH excluding ortho intramolecular Hbond substituents is 1. The van der Waals surface area contributed by atoms with Gasteiger partial charge in [0.2, 0.25) is 0 Å². The summed E-state index contributed by atoms with van der Waals surface area (Å²) in [7, 11) is 0. The van der Waals surface area contributed by atoms with E-state index in [9.17, 15) is 5.11 Å². The first-order valence-corrected chi connectivity index (χ1v) is 5.63. The minimum Gasteiger partial charge on any atom is -0.508 e. The van der Waals surface area contributed by atoms with Crippen LogP contribution in [0.3, 0.4) is 0 Å². The Hall–Kier alpha value is -2.55. The Kier molecular flexibility index (Phi) is 2.57. The fourth-order valence-corrected chi connectivity index (χ4v) is 1.74. The monoisotopic (exact) mass is 237 g/mol. The van der Waals surface area contributed by atoms with Crippen molar-refractivity contribution in [3.05, 3.63) is 59.9 Å². The number of nitrogens with zero attached hydrogens (tertiary/aromatic N) is 1. The van der Waals surface area contributed by atoms with Crippen LogP contribution in [0.15, 0.2) is 59.3 Å². The van der Waals surface area contributed by atoms with E-state index in [0.717, 1.165) is 17.0 Å². The van der Waals surface area contributed by atoms with E-state index in [4.69, 9.17) is 4.74 Å². The molecule has 1 N–H and O–H groups in total. The van der Waals surface area contributed by atoms with Gasteiger partial charge in [0.25, 0.3) is 0 Å². The number of fused-ring (bicyclic) bond motifs is 1. The lowest BCUT2D eigenvalue weighted by Gasteiger charge is -2.13. The molecule has 18 heavy (non-hydrogen) atoms. The van der Waals surface area contributed by atoms with Crippen molar-refractivity contribution in [1.29, 1.82) is 0 Å². The highest BCUT2D eigenvalue weighted by molar-refractivity contribution is 5.88. The van der Waals surface area contributed by atoms with Gasteiger partial charge in [0.15, 0.2) is 5.75 Å². The maximum atomic E-state index is 9.21. The van der Waals surface area contributed by atoms with Crippen LogP contribution < -0.4 is 4.74 Å². The number of rotatable bonds is 1. The molecule has 3 nitrogen and oxygen atoms in total. The summed E-state index contributed by atoms with van der Waals surface area (Å²) >= 11 is 0. The Bertz CT molecular complexity index is 627. The smallest absolute Gasteiger partial charge is 0.153 e. The van der Waals surface area contributed by atoms with Gasteiger partial charge in [-0.15, -0.1) is 0 Å². The molecule has 0 fully saturated rings. The topological polar surface area (TPSA) is 41.8 Å². The van der Waals surface area contributed by atoms with E-state index >= 15 is 0 Å². The zero-order valence-electron chi connectivity index (χ0n) is 9.58. The summed E-state index contributed by atoms with van der Waals surface area (Å²) in [5, 5.41) is 9.21. The van der Waals surface area contributed by atoms with Gasteiger partial charge in [0.05, 0.1) is 6.21 Å². The van der Waals surface area contributed by atoms with Gasteiger partial charge < -0.3 is 9.84 Å². The predicted octanol–water partition coefficient (Wildman–Crippen LogP) is 3.53. The van der Waals surface area contributed by atoms with Gasteiger partial charge in [-0.25, -0.2) is 4.99 Å². The molecule has 0 amide bonds. The summed E-state index contributed by atoms with van der Waals surface area (Å²) in [6, 6.07) is 14.5. The first-order chi connectivity index (χ1) is 8.81. The quantitative estimate of drug-likeness (QED) is 0.824. The van der Waals surface area contributed by atoms with Crippen LogP contribution in [0.4, 0.5) is 5.69 Å². The zero-order chi connectivity index (χ0) is 12.4. The Morgan fingerprint density at radius 2 is 1.78 bits per heavy atom. The molecule has 3 rings (SSSR count). The number of para-hydroxylation sites is 2. The van der Waals surface area contributed by atoms with Crippen molar-refractivity contribution in [1.82, 2.24) is 0 Å². The second kappa shape index (κ2) is 4.37. The molecule has 0 saturated carbocycles. The summed E-state index contributed by atoms with van der Waals surface area (Å²) in [6.07, 6.45) is 3.56. The summed E-state index contributed by atoms with van der Waals surface area (Å²) in [5.41, 5.74) is 1.79. The molecular weight excluding hydrogens is 226 g/mol. The molecule has 2 aromatic rings. The van der Waals surface area contributed by atoms with Crippen molar-refractivity contribution < 1.29 is 9.84 Å². The predicted molar refractivity (Wildman–Crippen MR) is 71.3 cm³/mol. The van der Waals surface area contributed by atoms with Crippen molar-refractivity contribution in [2.45, 2.75) is 0 Å². The number of hydrogen-bond acceptors (Lipinski definition) is 3. The first kappa shape index (κ1) is 10.6. The molecule has 0 spiro atoms. The zero-order valence-corrected chi connectivity index (χ0v) is 9.58. The van der Waals surface area contributed by atoms with Crippen LogP contribution in [0.25, 0.3) is 6.08 Å². The number of aliphatic imine (C=N–C) groups is 1. The van der Waals surface area contributed by atoms with Crippen LogP contribution in [0, 0.1) is 0 Å². The Morgan fingerprint density at radius 3 is 2.61 bits per heavy atom. The lowest BCUT2D eigenvalue weighted by atomic mass is 10.2. The van der Waals surface area contributed by atoms with Gasteiger partial charge in [-0.1, -0.05) is 24.3 Å². The summed E-state index contributed by atoms with van der Waals surface area (Å²) in [6.45, 7) is 0. The second-order valence-electron chi connectivity index (χ2n) is 3.97. The van der Waals surface area contributed by atoms with E-state index in [0.29, 0.717) is 5.76 Å². The Labute approximate surface area is 105 Å². The summed E-state index contributed by atoms with van der Waals surface area (Å²) < 4.78 is 5.72. The molecule has 0 unspecified atom stereocenters. The number of hydrogen-bond donors (Lipinski definition) is 1. The van der Waals surface area contributed by atoms with Gasteiger partial charge in [0, 0.05) is 0 Å². The Morgan fingerprint density at radius 1 is 1.00 bits per heavy atom. The molecule has 88 valence electrons. The maximum Gasteiger partial charge on any atom is 0.153 e. The molecule has 0 atom stereocenters. The summed E-state index contributed by atoms with van der Waals surface area (Å²) in [4.78, 5) is 4.32. The van der Waals surface area contributed by atoms with Crippen LogP contribution in [0.1, 0.15) is 5.56 Å². The van der Waals surface area contributed by atoms with Gasteiger partial charge >= 0.3 is 0 Å². The van der Waals surface area contributed by atoms with Crippen LogP contribution in [0.5, 0.6) is 11.5 Å². The van der Waals surface area contributed by atoms with Gasteiger partial charge in [0.1, 0.15) is 17.2 Å². The molecule has 2 aromatic carbocycles. The highest BCUT2D eigenvalue weighted by Gasteiger charge is 2.09. The molecule has 0 saturated heterocycles. The second-order valence-corrected chi connectivity index (χ2v) is 3.97. The van der Waals surface area contributed by atoms with Gasteiger partial charge in [-0.2, -0.15) is 0 Å². The lowest BCUT2D eigenvalue weighted by Crippen LogP contribution is -2.00. The first-order valence-electron chi connectivity index (χ1n) is 5.63. The summed E-state index contributed by atoms with van der Waals surface area (Å²) in [5.74, 6) is 1.69. The van der Waals surface area contributed by atoms with Crippen LogP contribution >= 0.6 is 0 Å². The van der Waals surface area contributed by atoms with E-state index in [1.54, 1.807) is 18.3 Å². The van der Waals surface area contributed by atoms with Crippen molar-refractivity contribution >= 4 is 18.0 Å². The largest absolute Gasteiger partial charge is 0.508 e. The third kappa shape index (κ3) is 2.11. The third-order valence-corrected chi connectivity index (χ3v) is 2.63. The molecule has 1 aliphatic heterocycles. The van der Waals surface area contributed by atoms with Gasteiger partial charge in [-0.3, -0.25) is 0 Å². The fourth-order valence-electron chi connectivity index (χ4n) is 1.74. The maximum absolute atomic E-state index is 9.21. The van der Waals surface area contributed by atoms with Crippen LogP contribution in [-0.2, 0) is 0 Å². The number of allylic oxidation sites excluding steroid dienone is 1. The Balaban J connectivity index is 1.90. The third-order valence-electron chi connectivity index (χ3n) is 2.63. The molecule has 1 heterocycles. The van der Waals surface area contributed by atoms with E-state index in [-0.39, 0.29) is 5.75 Å². The van der Waals surface area contributed by atoms with Crippen molar-refractivity contribution in [3.8, 4) is 11.5 Å². The molecule has 0 radical (unpaired) electrons. The number of benzene rings is 2. The van der Waals surface area contributed by atoms with E-state index in [2.05, 4.69) is 4.99 Å². The molecule has 0 bridgehead atoms. The average Bonchev–Trinajstić information content (AvgIpc) is 2.41. The van der Waals surface area contributed by atoms with E-state index in [1.807, 2.05) is 42.5 Å². The standard InChI is InChI=1S/C15H11NO2/c17-12-7-5-11(6-8-12)9-13-10-16-14-3-1-2-4-15(14)18-13/h1-10,17H. The van der Waals surface area contributed by atoms with Crippen molar-refractivity contribution in [2.24, 2.45) is 4.99 Å². The van der Waals surface area contributed by atoms with Crippen LogP contribution in [-0.4, -0.2) is 11.3 Å². The normalized spacial score (nSPS) is 15.2. The minimum absolute atomic E-state index is 0.251. The van der Waals surface area contributed by atoms with E-state index < -0.39 is 0 Å². The van der Waals surface area contributed by atoms with E-state index in [1.165, 1.54) is 0 Å². The van der Waals surface area contributed by atoms with Crippen molar-refractivity contribution in [2.75, 3.05) is 0 Å². The number of aromatic hydroxyl groups is 1. The minimum atomic E-state index is 0.251. The molecule has 1 aliphatic rings. The highest BCUT2D eigenvalue weighted by Crippen LogP contribution is 2.31. The molecular formula is C15H11NO2. The SMILES string of the molecule is Oc1ccc(C=C2C=Nc3ccccc3O2)cc1. The fraction of sp³-hybridized carbons (Fsp3) is 0. The lowest BCUT2D eigenvalue weighted by molar-refractivity contribution is 0.458. The highest BCUT2D eigenvalue weighted by atomic mass is 16.5. The van der Waals surface area contributed by atoms with Crippen LogP contribution in [0.2, 0.25) is 0 Å². The average molecular weight is 237 g/mol. The molecule has 0 aliphatic carbocycles. The number of phenols is 1.